The summed E-state index contributed by atoms with van der Waals surface area (Å²) in [6.45, 7) is 0. The van der Waals surface area contributed by atoms with Crippen LogP contribution < -0.4 is 4.74 Å². The van der Waals surface area contributed by atoms with E-state index in [0.717, 1.165) is 29.1 Å². The van der Waals surface area contributed by atoms with Crippen LogP contribution in [0, 0.1) is 29.1 Å². The van der Waals surface area contributed by atoms with Gasteiger partial charge in [-0.2, -0.15) is 0 Å². The van der Waals surface area contributed by atoms with Gasteiger partial charge in [0.05, 0.1) is 20.1 Å². The average molecular weight is 340 g/mol. The van der Waals surface area contributed by atoms with Gasteiger partial charge in [-0.05, 0) is 79.4 Å². The molecule has 5 rings (SSSR count). The van der Waals surface area contributed by atoms with Crippen molar-refractivity contribution in [2.45, 2.75) is 38.5 Å². The van der Waals surface area contributed by atoms with Crippen molar-refractivity contribution >= 4 is 12.0 Å². The molecule has 1 aromatic rings. The van der Waals surface area contributed by atoms with E-state index in [1.165, 1.54) is 45.6 Å². The van der Waals surface area contributed by atoms with Crippen LogP contribution in [0.15, 0.2) is 30.3 Å². The lowest BCUT2D eigenvalue weighted by Crippen LogP contribution is -2.51. The average Bonchev–Trinajstić information content (AvgIpc) is 2.61. The van der Waals surface area contributed by atoms with Gasteiger partial charge in [0, 0.05) is 0 Å². The van der Waals surface area contributed by atoms with E-state index < -0.39 is 0 Å². The van der Waals surface area contributed by atoms with Crippen LogP contribution in [0.5, 0.6) is 5.75 Å². The SMILES string of the molecule is COC(=O)[C@@H](/C=C/c1ccc(OC)cc1)C12CC3CC(CC(C3)C1)C2. The molecule has 0 radical (unpaired) electrons. The molecule has 0 unspecified atom stereocenters. The van der Waals surface area contributed by atoms with Gasteiger partial charge >= 0.3 is 5.97 Å². The van der Waals surface area contributed by atoms with E-state index >= 15 is 0 Å². The Bertz CT molecular complexity index is 623. The van der Waals surface area contributed by atoms with Crippen LogP contribution in [0.25, 0.3) is 6.08 Å². The first-order valence-corrected chi connectivity index (χ1v) is 9.52. The Morgan fingerprint density at radius 1 is 1.04 bits per heavy atom. The summed E-state index contributed by atoms with van der Waals surface area (Å²) in [5, 5.41) is 0. The highest BCUT2D eigenvalue weighted by atomic mass is 16.5. The standard InChI is InChI=1S/C22H28O3/c1-24-19-6-3-15(4-7-19)5-8-20(21(23)25-2)22-12-16-9-17(13-22)11-18(10-16)14-22/h3-8,16-18,20H,9-14H2,1-2H3/b8-5+/t16?,17?,18?,20-,22?/m1/s1. The molecular formula is C22H28O3. The largest absolute Gasteiger partial charge is 0.497 e. The zero-order chi connectivity index (χ0) is 17.4. The van der Waals surface area contributed by atoms with Gasteiger partial charge in [-0.25, -0.2) is 0 Å². The smallest absolute Gasteiger partial charge is 0.313 e. The Labute approximate surface area is 150 Å². The van der Waals surface area contributed by atoms with Crippen LogP contribution in [0.3, 0.4) is 0 Å². The number of carbonyl (C=O) groups is 1. The second-order valence-corrected chi connectivity index (χ2v) is 8.41. The van der Waals surface area contributed by atoms with Crippen molar-refractivity contribution in [1.82, 2.24) is 0 Å². The van der Waals surface area contributed by atoms with Crippen molar-refractivity contribution in [3.63, 3.8) is 0 Å². The van der Waals surface area contributed by atoms with E-state index in [0.29, 0.717) is 0 Å². The van der Waals surface area contributed by atoms with E-state index in [9.17, 15) is 4.79 Å². The van der Waals surface area contributed by atoms with Crippen LogP contribution >= 0.6 is 0 Å². The monoisotopic (exact) mass is 340 g/mol. The number of rotatable bonds is 5. The highest BCUT2D eigenvalue weighted by Crippen LogP contribution is 2.63. The van der Waals surface area contributed by atoms with E-state index in [2.05, 4.69) is 12.2 Å². The lowest BCUT2D eigenvalue weighted by molar-refractivity contribution is -0.156. The minimum atomic E-state index is -0.118. The molecule has 1 atom stereocenters. The third-order valence-corrected chi connectivity index (χ3v) is 6.80. The third-order valence-electron chi connectivity index (χ3n) is 6.80. The maximum Gasteiger partial charge on any atom is 0.313 e. The predicted molar refractivity (Wildman–Crippen MR) is 98.1 cm³/mol. The molecule has 0 heterocycles. The van der Waals surface area contributed by atoms with Crippen molar-refractivity contribution in [2.24, 2.45) is 29.1 Å². The summed E-state index contributed by atoms with van der Waals surface area (Å²) >= 11 is 0. The Kier molecular flexibility index (Phi) is 4.35. The summed E-state index contributed by atoms with van der Waals surface area (Å²) in [5.41, 5.74) is 1.23. The molecule has 134 valence electrons. The quantitative estimate of drug-likeness (QED) is 0.728. The summed E-state index contributed by atoms with van der Waals surface area (Å²) in [5.74, 6) is 3.15. The highest BCUT2D eigenvalue weighted by Gasteiger charge is 2.55. The number of hydrogen-bond acceptors (Lipinski definition) is 3. The van der Waals surface area contributed by atoms with Crippen LogP contribution in [-0.4, -0.2) is 20.2 Å². The molecule has 0 saturated heterocycles. The Hall–Kier alpha value is -1.77. The summed E-state index contributed by atoms with van der Waals surface area (Å²) in [4.78, 5) is 12.7. The van der Waals surface area contributed by atoms with Gasteiger partial charge in [0.1, 0.15) is 5.75 Å². The van der Waals surface area contributed by atoms with Gasteiger partial charge in [-0.3, -0.25) is 4.79 Å². The number of esters is 1. The first-order chi connectivity index (χ1) is 12.1. The van der Waals surface area contributed by atoms with Gasteiger partial charge in [0.25, 0.3) is 0 Å². The zero-order valence-electron chi connectivity index (χ0n) is 15.2. The minimum Gasteiger partial charge on any atom is -0.497 e. The fourth-order valence-electron chi connectivity index (χ4n) is 6.14. The minimum absolute atomic E-state index is 0.0632. The van der Waals surface area contributed by atoms with E-state index in [1.54, 1.807) is 7.11 Å². The first kappa shape index (κ1) is 16.7. The molecule has 0 amide bonds. The van der Waals surface area contributed by atoms with Crippen molar-refractivity contribution in [1.29, 1.82) is 0 Å². The van der Waals surface area contributed by atoms with Gasteiger partial charge in [-0.1, -0.05) is 24.3 Å². The molecule has 3 nitrogen and oxygen atoms in total. The van der Waals surface area contributed by atoms with Crippen molar-refractivity contribution < 1.29 is 14.3 Å². The second kappa shape index (κ2) is 6.51. The predicted octanol–water partition coefficient (Wildman–Crippen LogP) is 4.71. The highest BCUT2D eigenvalue weighted by molar-refractivity contribution is 5.77. The molecule has 4 saturated carbocycles. The molecule has 4 bridgehead atoms. The molecule has 0 aliphatic heterocycles. The maximum absolute atomic E-state index is 12.7. The van der Waals surface area contributed by atoms with Crippen LogP contribution in [-0.2, 0) is 9.53 Å². The van der Waals surface area contributed by atoms with Gasteiger partial charge in [0.2, 0.25) is 0 Å². The van der Waals surface area contributed by atoms with E-state index in [1.807, 2.05) is 24.3 Å². The van der Waals surface area contributed by atoms with Gasteiger partial charge < -0.3 is 9.47 Å². The second-order valence-electron chi connectivity index (χ2n) is 8.41. The van der Waals surface area contributed by atoms with Crippen LogP contribution in [0.2, 0.25) is 0 Å². The molecular weight excluding hydrogens is 312 g/mol. The molecule has 3 heteroatoms. The van der Waals surface area contributed by atoms with Crippen molar-refractivity contribution in [3.05, 3.63) is 35.9 Å². The summed E-state index contributed by atoms with van der Waals surface area (Å²) in [6, 6.07) is 7.97. The van der Waals surface area contributed by atoms with E-state index in [-0.39, 0.29) is 17.3 Å². The van der Waals surface area contributed by atoms with Crippen LogP contribution in [0.1, 0.15) is 44.1 Å². The Balaban J connectivity index is 1.60. The Morgan fingerprint density at radius 2 is 1.60 bits per heavy atom. The summed E-state index contributed by atoms with van der Waals surface area (Å²) in [6.07, 6.45) is 11.9. The molecule has 1 aromatic carbocycles. The molecule has 25 heavy (non-hydrogen) atoms. The molecule has 0 spiro atoms. The normalized spacial score (nSPS) is 34.2. The number of hydrogen-bond donors (Lipinski definition) is 0. The third kappa shape index (κ3) is 3.09. The summed E-state index contributed by atoms with van der Waals surface area (Å²) in [7, 11) is 3.20. The van der Waals surface area contributed by atoms with Crippen molar-refractivity contribution in [2.75, 3.05) is 14.2 Å². The zero-order valence-corrected chi connectivity index (χ0v) is 15.2. The fraction of sp³-hybridized carbons (Fsp3) is 0.591. The summed E-state index contributed by atoms with van der Waals surface area (Å²) < 4.78 is 10.4. The van der Waals surface area contributed by atoms with Crippen molar-refractivity contribution in [3.8, 4) is 5.75 Å². The van der Waals surface area contributed by atoms with Crippen LogP contribution in [0.4, 0.5) is 0 Å². The lowest BCUT2D eigenvalue weighted by Gasteiger charge is -2.58. The number of methoxy groups -OCH3 is 2. The molecule has 0 N–H and O–H groups in total. The molecule has 4 aliphatic rings. The first-order valence-electron chi connectivity index (χ1n) is 9.52. The molecule has 4 aliphatic carbocycles. The molecule has 4 fully saturated rings. The lowest BCUT2D eigenvalue weighted by atomic mass is 9.46. The number of benzene rings is 1. The fourth-order valence-corrected chi connectivity index (χ4v) is 6.14. The Morgan fingerprint density at radius 3 is 2.08 bits per heavy atom. The van der Waals surface area contributed by atoms with Gasteiger partial charge in [0.15, 0.2) is 0 Å². The molecule has 0 aromatic heterocycles. The maximum atomic E-state index is 12.7. The topological polar surface area (TPSA) is 35.5 Å². The van der Waals surface area contributed by atoms with E-state index in [4.69, 9.17) is 9.47 Å². The number of carbonyl (C=O) groups excluding carboxylic acids is 1. The number of ether oxygens (including phenoxy) is 2. The van der Waals surface area contributed by atoms with Gasteiger partial charge in [-0.15, -0.1) is 0 Å².